The molecular formula is C14H23ClN2O3S. The number of hydrogen-bond donors (Lipinski definition) is 1. The molecule has 0 amide bonds. The van der Waals surface area contributed by atoms with Gasteiger partial charge in [-0.15, -0.1) is 0 Å². The lowest BCUT2D eigenvalue weighted by atomic mass is 10.2. The van der Waals surface area contributed by atoms with Crippen molar-refractivity contribution in [3.05, 3.63) is 28.8 Å². The van der Waals surface area contributed by atoms with Gasteiger partial charge in [-0.1, -0.05) is 17.7 Å². The van der Waals surface area contributed by atoms with Gasteiger partial charge in [0.15, 0.2) is 0 Å². The molecule has 0 saturated carbocycles. The van der Waals surface area contributed by atoms with Gasteiger partial charge in [0.1, 0.15) is 0 Å². The first-order valence-corrected chi connectivity index (χ1v) is 8.61. The third-order valence-electron chi connectivity index (χ3n) is 2.96. The van der Waals surface area contributed by atoms with Crippen LogP contribution in [0.3, 0.4) is 0 Å². The monoisotopic (exact) mass is 334 g/mol. The number of benzene rings is 1. The first-order valence-electron chi connectivity index (χ1n) is 6.80. The molecule has 0 spiro atoms. The number of halogens is 1. The molecule has 21 heavy (non-hydrogen) atoms. The average molecular weight is 335 g/mol. The Labute approximate surface area is 132 Å². The topological polar surface area (TPSA) is 58.6 Å². The first-order chi connectivity index (χ1) is 9.78. The number of rotatable bonds is 8. The summed E-state index contributed by atoms with van der Waals surface area (Å²) < 4.78 is 31.5. The van der Waals surface area contributed by atoms with E-state index in [1.165, 1.54) is 17.4 Å². The predicted octanol–water partition coefficient (Wildman–Crippen LogP) is 2.10. The summed E-state index contributed by atoms with van der Waals surface area (Å²) in [6.45, 7) is 5.08. The van der Waals surface area contributed by atoms with E-state index in [0.717, 1.165) is 5.56 Å². The van der Waals surface area contributed by atoms with E-state index in [9.17, 15) is 8.42 Å². The fourth-order valence-corrected chi connectivity index (χ4v) is 3.23. The second kappa shape index (κ2) is 8.10. The van der Waals surface area contributed by atoms with E-state index >= 15 is 0 Å². The largest absolute Gasteiger partial charge is 0.377 e. The molecule has 5 nitrogen and oxygen atoms in total. The Balaban J connectivity index is 2.84. The molecule has 0 bridgehead atoms. The number of sulfonamides is 1. The molecule has 0 fully saturated rings. The van der Waals surface area contributed by atoms with Crippen molar-refractivity contribution in [1.82, 2.24) is 9.62 Å². The summed E-state index contributed by atoms with van der Waals surface area (Å²) in [4.78, 5) is 0.194. The highest BCUT2D eigenvalue weighted by molar-refractivity contribution is 7.89. The van der Waals surface area contributed by atoms with Crippen molar-refractivity contribution < 1.29 is 13.2 Å². The summed E-state index contributed by atoms with van der Waals surface area (Å²) in [5.74, 6) is 0. The van der Waals surface area contributed by atoms with Crippen LogP contribution >= 0.6 is 11.6 Å². The van der Waals surface area contributed by atoms with Gasteiger partial charge in [-0.25, -0.2) is 8.42 Å². The van der Waals surface area contributed by atoms with Gasteiger partial charge < -0.3 is 10.1 Å². The van der Waals surface area contributed by atoms with Gasteiger partial charge in [0.25, 0.3) is 0 Å². The third kappa shape index (κ3) is 5.23. The molecule has 0 radical (unpaired) electrons. The van der Waals surface area contributed by atoms with E-state index in [0.29, 0.717) is 24.7 Å². The van der Waals surface area contributed by atoms with Crippen LogP contribution in [-0.4, -0.2) is 46.1 Å². The van der Waals surface area contributed by atoms with Gasteiger partial charge in [0.05, 0.1) is 17.6 Å². The van der Waals surface area contributed by atoms with Crippen LogP contribution in [-0.2, 0) is 21.3 Å². The zero-order valence-electron chi connectivity index (χ0n) is 12.9. The SMILES string of the molecule is CNCc1ccc(S(=O)(=O)N(C)CCOC(C)C)cc1Cl. The van der Waals surface area contributed by atoms with Crippen molar-refractivity contribution in [3.63, 3.8) is 0 Å². The van der Waals surface area contributed by atoms with Gasteiger partial charge in [0, 0.05) is 25.2 Å². The minimum Gasteiger partial charge on any atom is -0.377 e. The van der Waals surface area contributed by atoms with Crippen LogP contribution in [0.4, 0.5) is 0 Å². The summed E-state index contributed by atoms with van der Waals surface area (Å²) in [7, 11) is -0.197. The summed E-state index contributed by atoms with van der Waals surface area (Å²) >= 11 is 6.12. The Morgan fingerprint density at radius 3 is 2.57 bits per heavy atom. The Morgan fingerprint density at radius 2 is 2.05 bits per heavy atom. The molecule has 1 rings (SSSR count). The molecule has 0 aliphatic carbocycles. The number of nitrogens with one attached hydrogen (secondary N) is 1. The maximum atomic E-state index is 12.4. The van der Waals surface area contributed by atoms with Gasteiger partial charge in [-0.05, 0) is 38.6 Å². The number of likely N-dealkylation sites (N-methyl/N-ethyl adjacent to an activating group) is 1. The summed E-state index contributed by atoms with van der Waals surface area (Å²) in [6.07, 6.45) is 0.0800. The van der Waals surface area contributed by atoms with Gasteiger partial charge >= 0.3 is 0 Å². The smallest absolute Gasteiger partial charge is 0.242 e. The van der Waals surface area contributed by atoms with Gasteiger partial charge in [-0.3, -0.25) is 0 Å². The maximum absolute atomic E-state index is 12.4. The number of hydrogen-bond acceptors (Lipinski definition) is 4. The molecule has 0 atom stereocenters. The van der Waals surface area contributed by atoms with E-state index in [4.69, 9.17) is 16.3 Å². The molecule has 0 aliphatic rings. The van der Waals surface area contributed by atoms with E-state index in [2.05, 4.69) is 5.32 Å². The normalized spacial score (nSPS) is 12.3. The Hall–Kier alpha value is -0.660. The van der Waals surface area contributed by atoms with Crippen molar-refractivity contribution in [2.24, 2.45) is 0 Å². The van der Waals surface area contributed by atoms with Gasteiger partial charge in [-0.2, -0.15) is 4.31 Å². The van der Waals surface area contributed by atoms with Crippen LogP contribution in [0.2, 0.25) is 5.02 Å². The van der Waals surface area contributed by atoms with Crippen LogP contribution in [0.15, 0.2) is 23.1 Å². The fourth-order valence-electron chi connectivity index (χ4n) is 1.74. The minimum absolute atomic E-state index is 0.0800. The Morgan fingerprint density at radius 1 is 1.38 bits per heavy atom. The molecule has 0 heterocycles. The van der Waals surface area contributed by atoms with E-state index in [-0.39, 0.29) is 11.0 Å². The van der Waals surface area contributed by atoms with Crippen molar-refractivity contribution >= 4 is 21.6 Å². The van der Waals surface area contributed by atoms with E-state index in [1.54, 1.807) is 12.1 Å². The summed E-state index contributed by atoms with van der Waals surface area (Å²) in [5.41, 5.74) is 0.865. The average Bonchev–Trinajstić information content (AvgIpc) is 2.40. The second-order valence-electron chi connectivity index (χ2n) is 5.03. The Bertz CT molecular complexity index is 561. The van der Waals surface area contributed by atoms with Crippen LogP contribution in [0.25, 0.3) is 0 Å². The van der Waals surface area contributed by atoms with Crippen molar-refractivity contribution in [3.8, 4) is 0 Å². The van der Waals surface area contributed by atoms with Crippen LogP contribution in [0.1, 0.15) is 19.4 Å². The van der Waals surface area contributed by atoms with Crippen LogP contribution in [0.5, 0.6) is 0 Å². The highest BCUT2D eigenvalue weighted by atomic mass is 35.5. The molecule has 0 saturated heterocycles. The lowest BCUT2D eigenvalue weighted by molar-refractivity contribution is 0.0737. The van der Waals surface area contributed by atoms with Crippen molar-refractivity contribution in [2.45, 2.75) is 31.4 Å². The lowest BCUT2D eigenvalue weighted by Gasteiger charge is -2.18. The predicted molar refractivity (Wildman–Crippen MR) is 85.1 cm³/mol. The highest BCUT2D eigenvalue weighted by Crippen LogP contribution is 2.22. The molecule has 0 aromatic heterocycles. The molecule has 120 valence electrons. The molecule has 1 aromatic rings. The zero-order valence-corrected chi connectivity index (χ0v) is 14.5. The maximum Gasteiger partial charge on any atom is 0.242 e. The lowest BCUT2D eigenvalue weighted by Crippen LogP contribution is -2.31. The molecule has 1 aromatic carbocycles. The zero-order chi connectivity index (χ0) is 16.0. The van der Waals surface area contributed by atoms with E-state index < -0.39 is 10.0 Å². The summed E-state index contributed by atoms with van der Waals surface area (Å²) in [6, 6.07) is 4.79. The van der Waals surface area contributed by atoms with E-state index in [1.807, 2.05) is 20.9 Å². The summed E-state index contributed by atoms with van der Waals surface area (Å²) in [5, 5.41) is 3.43. The first kappa shape index (κ1) is 18.4. The number of nitrogens with zero attached hydrogens (tertiary/aromatic N) is 1. The minimum atomic E-state index is -3.54. The third-order valence-corrected chi connectivity index (χ3v) is 5.16. The molecule has 0 aliphatic heterocycles. The van der Waals surface area contributed by atoms with Crippen molar-refractivity contribution in [2.75, 3.05) is 27.2 Å². The van der Waals surface area contributed by atoms with Crippen molar-refractivity contribution in [1.29, 1.82) is 0 Å². The second-order valence-corrected chi connectivity index (χ2v) is 7.48. The van der Waals surface area contributed by atoms with Gasteiger partial charge in [0.2, 0.25) is 10.0 Å². The van der Waals surface area contributed by atoms with Crippen LogP contribution < -0.4 is 5.32 Å². The number of ether oxygens (including phenoxy) is 1. The standard InChI is InChI=1S/C14H23ClN2O3S/c1-11(2)20-8-7-17(4)21(18,19)13-6-5-12(10-16-3)14(15)9-13/h5-6,9,11,16H,7-8,10H2,1-4H3. The molecule has 0 unspecified atom stereocenters. The molecular weight excluding hydrogens is 312 g/mol. The Kier molecular flexibility index (Phi) is 7.09. The quantitative estimate of drug-likeness (QED) is 0.791. The fraction of sp³-hybridized carbons (Fsp3) is 0.571. The molecule has 1 N–H and O–H groups in total. The highest BCUT2D eigenvalue weighted by Gasteiger charge is 2.21. The molecule has 7 heteroatoms. The van der Waals surface area contributed by atoms with Crippen LogP contribution in [0, 0.1) is 0 Å².